The van der Waals surface area contributed by atoms with Crippen molar-refractivity contribution in [1.82, 2.24) is 0 Å². The average molecular weight is 207 g/mol. The van der Waals surface area contributed by atoms with Gasteiger partial charge >= 0.3 is 0 Å². The van der Waals surface area contributed by atoms with Crippen LogP contribution >= 0.6 is 0 Å². The molecule has 2 heteroatoms. The normalized spacial score (nSPS) is 14.9. The molecule has 1 aromatic carbocycles. The molecule has 2 nitrogen and oxygen atoms in total. The summed E-state index contributed by atoms with van der Waals surface area (Å²) in [6, 6.07) is 10.3. The Morgan fingerprint density at radius 1 is 1.20 bits per heavy atom. The summed E-state index contributed by atoms with van der Waals surface area (Å²) in [5, 5.41) is 0. The van der Waals surface area contributed by atoms with Crippen LogP contribution in [-0.2, 0) is 4.74 Å². The molecule has 0 spiro atoms. The number of benzene rings is 1. The Labute approximate surface area is 92.4 Å². The third-order valence-electron chi connectivity index (χ3n) is 2.45. The Balaban J connectivity index is 2.56. The predicted molar refractivity (Wildman–Crippen MR) is 63.4 cm³/mol. The molecule has 0 bridgehead atoms. The fourth-order valence-electron chi connectivity index (χ4n) is 1.64. The van der Waals surface area contributed by atoms with Gasteiger partial charge in [-0.2, -0.15) is 0 Å². The summed E-state index contributed by atoms with van der Waals surface area (Å²) >= 11 is 0. The first-order valence-electron chi connectivity index (χ1n) is 5.73. The molecule has 2 unspecified atom stereocenters. The highest BCUT2D eigenvalue weighted by atomic mass is 16.5. The Morgan fingerprint density at radius 3 is 2.40 bits per heavy atom. The number of hydrogen-bond acceptors (Lipinski definition) is 2. The first-order valence-corrected chi connectivity index (χ1v) is 5.73. The zero-order valence-corrected chi connectivity index (χ0v) is 9.65. The largest absolute Gasteiger partial charge is 0.356 e. The minimum absolute atomic E-state index is 0.132. The first kappa shape index (κ1) is 12.2. The van der Waals surface area contributed by atoms with Crippen LogP contribution in [0.25, 0.3) is 0 Å². The molecule has 0 fully saturated rings. The van der Waals surface area contributed by atoms with Crippen molar-refractivity contribution >= 4 is 0 Å². The number of ether oxygens (including phenoxy) is 1. The van der Waals surface area contributed by atoms with Gasteiger partial charge in [0.05, 0.1) is 6.10 Å². The molecule has 0 saturated carbocycles. The highest BCUT2D eigenvalue weighted by Crippen LogP contribution is 2.22. The van der Waals surface area contributed by atoms with E-state index in [2.05, 4.69) is 26.0 Å². The number of nitrogens with two attached hydrogens (primary N) is 1. The number of rotatable bonds is 6. The van der Waals surface area contributed by atoms with E-state index in [0.29, 0.717) is 0 Å². The van der Waals surface area contributed by atoms with Gasteiger partial charge in [-0.3, -0.25) is 0 Å². The second-order valence-corrected chi connectivity index (χ2v) is 3.77. The lowest BCUT2D eigenvalue weighted by Gasteiger charge is -2.21. The molecule has 84 valence electrons. The van der Waals surface area contributed by atoms with Crippen molar-refractivity contribution in [2.45, 2.75) is 45.4 Å². The third-order valence-corrected chi connectivity index (χ3v) is 2.45. The second kappa shape index (κ2) is 6.59. The van der Waals surface area contributed by atoms with E-state index in [4.69, 9.17) is 10.5 Å². The van der Waals surface area contributed by atoms with Gasteiger partial charge in [0.2, 0.25) is 0 Å². The van der Waals surface area contributed by atoms with Crippen molar-refractivity contribution in [3.05, 3.63) is 35.9 Å². The lowest BCUT2D eigenvalue weighted by Crippen LogP contribution is -2.25. The fraction of sp³-hybridized carbons (Fsp3) is 0.538. The summed E-state index contributed by atoms with van der Waals surface area (Å²) in [5.74, 6) is 0. The fourth-order valence-corrected chi connectivity index (χ4v) is 1.64. The molecule has 0 amide bonds. The van der Waals surface area contributed by atoms with Gasteiger partial charge in [0.1, 0.15) is 6.23 Å². The van der Waals surface area contributed by atoms with Crippen molar-refractivity contribution in [2.24, 2.45) is 5.73 Å². The summed E-state index contributed by atoms with van der Waals surface area (Å²) in [6.45, 7) is 4.24. The smallest absolute Gasteiger partial charge is 0.106 e. The molecule has 0 saturated heterocycles. The van der Waals surface area contributed by atoms with E-state index in [0.717, 1.165) is 19.3 Å². The van der Waals surface area contributed by atoms with Crippen LogP contribution in [-0.4, -0.2) is 6.23 Å². The van der Waals surface area contributed by atoms with Crippen molar-refractivity contribution in [1.29, 1.82) is 0 Å². The molecular weight excluding hydrogens is 186 g/mol. The minimum atomic E-state index is -0.139. The van der Waals surface area contributed by atoms with Gasteiger partial charge < -0.3 is 10.5 Å². The van der Waals surface area contributed by atoms with Crippen LogP contribution in [0.2, 0.25) is 0 Å². The Kier molecular flexibility index (Phi) is 5.37. The van der Waals surface area contributed by atoms with E-state index in [1.54, 1.807) is 0 Å². The highest BCUT2D eigenvalue weighted by Gasteiger charge is 2.12. The lowest BCUT2D eigenvalue weighted by atomic mass is 10.1. The molecule has 0 heterocycles. The van der Waals surface area contributed by atoms with E-state index in [9.17, 15) is 0 Å². The summed E-state index contributed by atoms with van der Waals surface area (Å²) in [6.07, 6.45) is 2.94. The van der Waals surface area contributed by atoms with Crippen molar-refractivity contribution in [2.75, 3.05) is 0 Å². The van der Waals surface area contributed by atoms with E-state index in [1.165, 1.54) is 5.56 Å². The molecule has 2 N–H and O–H groups in total. The quantitative estimate of drug-likeness (QED) is 0.727. The van der Waals surface area contributed by atoms with Gasteiger partial charge in [-0.15, -0.1) is 0 Å². The molecule has 0 aromatic heterocycles. The molecular formula is C13H21NO. The van der Waals surface area contributed by atoms with E-state index in [-0.39, 0.29) is 12.3 Å². The average Bonchev–Trinajstić information content (AvgIpc) is 2.27. The maximum atomic E-state index is 5.88. The lowest BCUT2D eigenvalue weighted by molar-refractivity contribution is -0.0165. The van der Waals surface area contributed by atoms with Crippen molar-refractivity contribution in [3.63, 3.8) is 0 Å². The molecule has 2 atom stereocenters. The van der Waals surface area contributed by atoms with Crippen molar-refractivity contribution < 1.29 is 4.74 Å². The minimum Gasteiger partial charge on any atom is -0.356 e. The van der Waals surface area contributed by atoms with Crippen LogP contribution in [0, 0.1) is 0 Å². The van der Waals surface area contributed by atoms with Crippen LogP contribution in [0.5, 0.6) is 0 Å². The van der Waals surface area contributed by atoms with Crippen LogP contribution in [0.3, 0.4) is 0 Å². The highest BCUT2D eigenvalue weighted by molar-refractivity contribution is 5.17. The molecule has 1 aromatic rings. The topological polar surface area (TPSA) is 35.2 Å². The van der Waals surface area contributed by atoms with Gasteiger partial charge in [-0.1, -0.05) is 50.6 Å². The van der Waals surface area contributed by atoms with Crippen LogP contribution < -0.4 is 5.73 Å². The van der Waals surface area contributed by atoms with Gasteiger partial charge in [0.15, 0.2) is 0 Å². The van der Waals surface area contributed by atoms with Gasteiger partial charge in [0, 0.05) is 0 Å². The molecule has 0 aliphatic rings. The Hall–Kier alpha value is -0.860. The molecule has 0 radical (unpaired) electrons. The summed E-state index contributed by atoms with van der Waals surface area (Å²) in [7, 11) is 0. The summed E-state index contributed by atoms with van der Waals surface area (Å²) in [5.41, 5.74) is 7.09. The molecule has 0 aliphatic heterocycles. The molecule has 1 rings (SSSR count). The van der Waals surface area contributed by atoms with E-state index < -0.39 is 0 Å². The number of hydrogen-bond donors (Lipinski definition) is 1. The second-order valence-electron chi connectivity index (χ2n) is 3.77. The van der Waals surface area contributed by atoms with Crippen LogP contribution in [0.1, 0.15) is 44.8 Å². The Morgan fingerprint density at radius 2 is 1.87 bits per heavy atom. The van der Waals surface area contributed by atoms with E-state index in [1.807, 2.05) is 18.2 Å². The Bertz CT molecular complexity index is 260. The summed E-state index contributed by atoms with van der Waals surface area (Å²) in [4.78, 5) is 0. The molecule has 15 heavy (non-hydrogen) atoms. The SMILES string of the molecule is CCCC(N)OC(CC)c1ccccc1. The van der Waals surface area contributed by atoms with Crippen LogP contribution in [0.4, 0.5) is 0 Å². The predicted octanol–water partition coefficient (Wildman–Crippen LogP) is 3.24. The first-order chi connectivity index (χ1) is 7.27. The maximum Gasteiger partial charge on any atom is 0.106 e. The van der Waals surface area contributed by atoms with E-state index >= 15 is 0 Å². The van der Waals surface area contributed by atoms with Crippen molar-refractivity contribution in [3.8, 4) is 0 Å². The zero-order chi connectivity index (χ0) is 11.1. The molecule has 0 aliphatic carbocycles. The van der Waals surface area contributed by atoms with Crippen LogP contribution in [0.15, 0.2) is 30.3 Å². The van der Waals surface area contributed by atoms with Gasteiger partial charge in [0.25, 0.3) is 0 Å². The van der Waals surface area contributed by atoms with Gasteiger partial charge in [-0.05, 0) is 18.4 Å². The van der Waals surface area contributed by atoms with Gasteiger partial charge in [-0.25, -0.2) is 0 Å². The monoisotopic (exact) mass is 207 g/mol. The summed E-state index contributed by atoms with van der Waals surface area (Å²) < 4.78 is 5.80. The third kappa shape index (κ3) is 4.02. The zero-order valence-electron chi connectivity index (χ0n) is 9.65. The maximum absolute atomic E-state index is 5.88. The standard InChI is InChI=1S/C13H21NO/c1-3-8-13(14)15-12(4-2)11-9-6-5-7-10-11/h5-7,9-10,12-13H,3-4,8,14H2,1-2H3.